The van der Waals surface area contributed by atoms with Crippen LogP contribution >= 0.6 is 0 Å². The molecule has 0 atom stereocenters. The maximum Gasteiger partial charge on any atom is 0.246 e. The van der Waals surface area contributed by atoms with Crippen molar-refractivity contribution in [1.29, 1.82) is 0 Å². The van der Waals surface area contributed by atoms with Gasteiger partial charge in [0.05, 0.1) is 22.0 Å². The number of hydrogen-bond acceptors (Lipinski definition) is 7. The highest BCUT2D eigenvalue weighted by Crippen LogP contribution is 2.27. The van der Waals surface area contributed by atoms with Crippen molar-refractivity contribution < 1.29 is 26.4 Å². The van der Waals surface area contributed by atoms with Gasteiger partial charge in [-0.15, -0.1) is 0 Å². The van der Waals surface area contributed by atoms with Crippen LogP contribution in [-0.2, 0) is 29.6 Å². The lowest BCUT2D eigenvalue weighted by atomic mass is 10.3. The molecule has 0 saturated carbocycles. The molecule has 1 aromatic heterocycles. The third-order valence-electron chi connectivity index (χ3n) is 5.86. The molecule has 4 rings (SSSR count). The molecule has 0 unspecified atom stereocenters. The van der Waals surface area contributed by atoms with Crippen LogP contribution in [-0.4, -0.2) is 73.6 Å². The Labute approximate surface area is 192 Å². The Bertz CT molecular complexity index is 1270. The van der Waals surface area contributed by atoms with Gasteiger partial charge in [-0.05, 0) is 44.5 Å². The van der Waals surface area contributed by atoms with E-state index < -0.39 is 20.0 Å². The molecule has 11 nitrogen and oxygen atoms in total. The summed E-state index contributed by atoms with van der Waals surface area (Å²) in [6, 6.07) is 5.60. The number of sulfonamides is 2. The number of carbonyl (C=O) groups excluding carboxylic acids is 2. The fourth-order valence-corrected chi connectivity index (χ4v) is 7.45. The number of H-pyrrole nitrogens is 1. The maximum atomic E-state index is 13.2. The van der Waals surface area contributed by atoms with Crippen molar-refractivity contribution in [2.24, 2.45) is 0 Å². The van der Waals surface area contributed by atoms with E-state index in [1.807, 2.05) is 0 Å². The summed E-state index contributed by atoms with van der Waals surface area (Å²) in [4.78, 5) is 25.0. The topological polar surface area (TPSA) is 141 Å². The van der Waals surface area contributed by atoms with Gasteiger partial charge in [0, 0.05) is 39.0 Å². The molecule has 2 aliphatic rings. The van der Waals surface area contributed by atoms with Gasteiger partial charge in [0.2, 0.25) is 31.9 Å². The minimum absolute atomic E-state index is 0.00234. The number of amides is 2. The largest absolute Gasteiger partial charge is 0.281 e. The van der Waals surface area contributed by atoms with Crippen LogP contribution in [0.25, 0.3) is 0 Å². The zero-order valence-corrected chi connectivity index (χ0v) is 19.9. The first-order valence-corrected chi connectivity index (χ1v) is 13.4. The summed E-state index contributed by atoms with van der Waals surface area (Å²) in [5, 5.41) is 6.63. The highest BCUT2D eigenvalue weighted by atomic mass is 32.2. The van der Waals surface area contributed by atoms with Crippen molar-refractivity contribution in [3.05, 3.63) is 35.7 Å². The molecule has 2 aliphatic heterocycles. The molecular weight excluding hydrogens is 470 g/mol. The molecule has 13 heteroatoms. The van der Waals surface area contributed by atoms with Gasteiger partial charge >= 0.3 is 0 Å². The molecule has 2 amide bonds. The Balaban J connectivity index is 1.52. The van der Waals surface area contributed by atoms with E-state index in [9.17, 15) is 26.4 Å². The Morgan fingerprint density at radius 3 is 1.88 bits per heavy atom. The van der Waals surface area contributed by atoms with Gasteiger partial charge in [0.1, 0.15) is 4.90 Å². The van der Waals surface area contributed by atoms with E-state index in [1.54, 1.807) is 13.8 Å². The number of anilines is 1. The molecule has 0 bridgehead atoms. The standard InChI is InChI=1S/C20H25N5O6S2/c1-14-20(15(2)22-21-14)33(30,31)24-11-3-10-23(12-13-24)32(28,29)17-6-4-16(5-7-17)25-18(26)8-9-19(25)27/h4-7H,3,8-13H2,1-2H3,(H,21,22). The minimum Gasteiger partial charge on any atom is -0.281 e. The van der Waals surface area contributed by atoms with E-state index in [0.29, 0.717) is 23.5 Å². The SMILES string of the molecule is Cc1n[nH]c(C)c1S(=O)(=O)N1CCCN(S(=O)(=O)c2ccc(N3C(=O)CCC3=O)cc2)CC1. The van der Waals surface area contributed by atoms with Gasteiger partial charge in [-0.25, -0.2) is 16.8 Å². The average molecular weight is 496 g/mol. The van der Waals surface area contributed by atoms with Gasteiger partial charge in [0.15, 0.2) is 0 Å². The molecule has 2 saturated heterocycles. The molecule has 178 valence electrons. The van der Waals surface area contributed by atoms with Gasteiger partial charge in [-0.3, -0.25) is 19.6 Å². The second-order valence-electron chi connectivity index (χ2n) is 8.04. The number of imide groups is 1. The van der Waals surface area contributed by atoms with Crippen LogP contribution in [0.3, 0.4) is 0 Å². The minimum atomic E-state index is -3.89. The lowest BCUT2D eigenvalue weighted by Gasteiger charge is -2.22. The quantitative estimate of drug-likeness (QED) is 0.604. The zero-order chi connectivity index (χ0) is 24.0. The fraction of sp³-hybridized carbons (Fsp3) is 0.450. The second kappa shape index (κ2) is 8.63. The van der Waals surface area contributed by atoms with Crippen LogP contribution in [0, 0.1) is 13.8 Å². The number of aromatic nitrogens is 2. The number of rotatable bonds is 5. The first-order valence-electron chi connectivity index (χ1n) is 10.5. The van der Waals surface area contributed by atoms with Crippen molar-refractivity contribution >= 4 is 37.5 Å². The second-order valence-corrected chi connectivity index (χ2v) is 11.9. The first-order chi connectivity index (χ1) is 15.5. The molecular formula is C20H25N5O6S2. The van der Waals surface area contributed by atoms with E-state index in [1.165, 1.54) is 32.9 Å². The summed E-state index contributed by atoms with van der Waals surface area (Å²) >= 11 is 0. The molecule has 1 aromatic carbocycles. The van der Waals surface area contributed by atoms with Crippen LogP contribution in [0.15, 0.2) is 34.1 Å². The molecule has 2 fully saturated rings. The molecule has 33 heavy (non-hydrogen) atoms. The zero-order valence-electron chi connectivity index (χ0n) is 18.3. The summed E-state index contributed by atoms with van der Waals surface area (Å²) in [6.45, 7) is 3.62. The van der Waals surface area contributed by atoms with E-state index in [-0.39, 0.29) is 60.6 Å². The number of aromatic amines is 1. The summed E-state index contributed by atoms with van der Waals surface area (Å²) in [6.07, 6.45) is 0.622. The van der Waals surface area contributed by atoms with Gasteiger partial charge in [0.25, 0.3) is 0 Å². The average Bonchev–Trinajstić information content (AvgIpc) is 3.16. The molecule has 0 aliphatic carbocycles. The van der Waals surface area contributed by atoms with Crippen LogP contribution in [0.2, 0.25) is 0 Å². The molecule has 3 heterocycles. The van der Waals surface area contributed by atoms with Gasteiger partial charge in [-0.1, -0.05) is 0 Å². The van der Waals surface area contributed by atoms with E-state index in [0.717, 1.165) is 4.90 Å². The highest BCUT2D eigenvalue weighted by molar-refractivity contribution is 7.89. The Morgan fingerprint density at radius 2 is 1.36 bits per heavy atom. The monoisotopic (exact) mass is 495 g/mol. The predicted octanol–water partition coefficient (Wildman–Crippen LogP) is 0.765. The lowest BCUT2D eigenvalue weighted by Crippen LogP contribution is -2.37. The number of carbonyl (C=O) groups is 2. The molecule has 0 radical (unpaired) electrons. The van der Waals surface area contributed by atoms with Gasteiger partial charge < -0.3 is 0 Å². The van der Waals surface area contributed by atoms with Crippen molar-refractivity contribution in [3.63, 3.8) is 0 Å². The first kappa shape index (κ1) is 23.5. The van der Waals surface area contributed by atoms with Gasteiger partial charge in [-0.2, -0.15) is 13.7 Å². The van der Waals surface area contributed by atoms with Crippen molar-refractivity contribution in [2.45, 2.75) is 42.9 Å². The number of hydrogen-bond donors (Lipinski definition) is 1. The predicted molar refractivity (Wildman–Crippen MR) is 118 cm³/mol. The maximum absolute atomic E-state index is 13.2. The Kier molecular flexibility index (Phi) is 6.16. The highest BCUT2D eigenvalue weighted by Gasteiger charge is 2.35. The van der Waals surface area contributed by atoms with Crippen molar-refractivity contribution in [2.75, 3.05) is 31.1 Å². The van der Waals surface area contributed by atoms with E-state index in [4.69, 9.17) is 0 Å². The summed E-state index contributed by atoms with van der Waals surface area (Å²) in [5.41, 5.74) is 1.15. The number of nitrogens with one attached hydrogen (secondary N) is 1. The van der Waals surface area contributed by atoms with Crippen LogP contribution in [0.1, 0.15) is 30.7 Å². The van der Waals surface area contributed by atoms with E-state index in [2.05, 4.69) is 10.2 Å². The lowest BCUT2D eigenvalue weighted by molar-refractivity contribution is -0.121. The van der Waals surface area contributed by atoms with Crippen LogP contribution in [0.4, 0.5) is 5.69 Å². The van der Waals surface area contributed by atoms with Crippen LogP contribution in [0.5, 0.6) is 0 Å². The Hall–Kier alpha value is -2.61. The number of nitrogens with zero attached hydrogens (tertiary/aromatic N) is 4. The third kappa shape index (κ3) is 4.21. The fourth-order valence-electron chi connectivity index (χ4n) is 4.18. The summed E-state index contributed by atoms with van der Waals surface area (Å²) < 4.78 is 55.2. The van der Waals surface area contributed by atoms with E-state index >= 15 is 0 Å². The molecule has 0 spiro atoms. The Morgan fingerprint density at radius 1 is 0.818 bits per heavy atom. The van der Waals surface area contributed by atoms with Crippen molar-refractivity contribution in [3.8, 4) is 0 Å². The number of aryl methyl sites for hydroxylation is 2. The normalized spacial score (nSPS) is 19.3. The number of benzene rings is 1. The van der Waals surface area contributed by atoms with Crippen molar-refractivity contribution in [1.82, 2.24) is 18.8 Å². The third-order valence-corrected chi connectivity index (χ3v) is 9.93. The van der Waals surface area contributed by atoms with Crippen LogP contribution < -0.4 is 4.90 Å². The summed E-state index contributed by atoms with van der Waals surface area (Å²) in [7, 11) is -7.70. The molecule has 1 N–H and O–H groups in total. The smallest absolute Gasteiger partial charge is 0.246 e. The summed E-state index contributed by atoms with van der Waals surface area (Å²) in [5.74, 6) is -0.625. The molecule has 2 aromatic rings.